The van der Waals surface area contributed by atoms with Gasteiger partial charge in [0, 0.05) is 22.2 Å². The summed E-state index contributed by atoms with van der Waals surface area (Å²) in [6.07, 6.45) is 3.87. The highest BCUT2D eigenvalue weighted by Gasteiger charge is 2.37. The molecule has 130 valence electrons. The summed E-state index contributed by atoms with van der Waals surface area (Å²) in [5.41, 5.74) is 2.76. The average molecular weight is 411 g/mol. The zero-order chi connectivity index (χ0) is 17.7. The molecule has 1 aliphatic heterocycles. The number of allylic oxidation sites excluding steroid dienone is 2. The number of ketones is 1. The van der Waals surface area contributed by atoms with Crippen molar-refractivity contribution >= 4 is 27.7 Å². The molecule has 3 aromatic rings. The lowest BCUT2D eigenvalue weighted by Gasteiger charge is -2.32. The predicted octanol–water partition coefficient (Wildman–Crippen LogP) is 4.32. The number of hydrogen-bond donors (Lipinski definition) is 1. The van der Waals surface area contributed by atoms with Crippen molar-refractivity contribution in [2.45, 2.75) is 25.3 Å². The van der Waals surface area contributed by atoms with Crippen LogP contribution in [0.1, 0.15) is 30.9 Å². The highest BCUT2D eigenvalue weighted by molar-refractivity contribution is 9.10. The third kappa shape index (κ3) is 2.42. The largest absolute Gasteiger partial charge is 0.461 e. The Morgan fingerprint density at radius 2 is 2.04 bits per heavy atom. The molecule has 1 atom stereocenters. The molecule has 6 nitrogen and oxygen atoms in total. The highest BCUT2D eigenvalue weighted by atomic mass is 79.9. The lowest BCUT2D eigenvalue weighted by molar-refractivity contribution is -0.116. The Balaban J connectivity index is 1.69. The molecule has 3 heterocycles. The molecule has 0 radical (unpaired) electrons. The van der Waals surface area contributed by atoms with Crippen LogP contribution in [0.4, 0.5) is 5.95 Å². The van der Waals surface area contributed by atoms with E-state index in [1.54, 1.807) is 10.9 Å². The number of nitrogens with zero attached hydrogens (tertiary/aromatic N) is 3. The number of halogens is 1. The molecule has 1 N–H and O–H groups in total. The summed E-state index contributed by atoms with van der Waals surface area (Å²) in [7, 11) is 0. The number of rotatable bonds is 2. The van der Waals surface area contributed by atoms with Crippen molar-refractivity contribution in [1.82, 2.24) is 14.8 Å². The monoisotopic (exact) mass is 410 g/mol. The number of aromatic nitrogens is 3. The fraction of sp³-hybridized carbons (Fsp3) is 0.211. The Kier molecular flexibility index (Phi) is 3.56. The van der Waals surface area contributed by atoms with Gasteiger partial charge in [0.05, 0.1) is 6.26 Å². The summed E-state index contributed by atoms with van der Waals surface area (Å²) in [4.78, 5) is 17.3. The van der Waals surface area contributed by atoms with Gasteiger partial charge in [-0.3, -0.25) is 4.79 Å². The van der Waals surface area contributed by atoms with Crippen molar-refractivity contribution in [3.8, 4) is 11.6 Å². The summed E-state index contributed by atoms with van der Waals surface area (Å²) < 4.78 is 8.23. The molecular formula is C19H15BrN4O2. The van der Waals surface area contributed by atoms with Crippen LogP contribution in [0.3, 0.4) is 0 Å². The van der Waals surface area contributed by atoms with E-state index in [4.69, 9.17) is 4.42 Å². The molecule has 0 saturated carbocycles. The molecule has 0 bridgehead atoms. The van der Waals surface area contributed by atoms with Crippen LogP contribution in [0.25, 0.3) is 11.6 Å². The molecule has 26 heavy (non-hydrogen) atoms. The van der Waals surface area contributed by atoms with E-state index in [2.05, 4.69) is 31.3 Å². The van der Waals surface area contributed by atoms with Crippen LogP contribution in [0, 0.1) is 0 Å². The lowest BCUT2D eigenvalue weighted by Crippen LogP contribution is -2.31. The Labute approximate surface area is 158 Å². The second-order valence-electron chi connectivity index (χ2n) is 6.43. The number of carbonyl (C=O) groups is 1. The van der Waals surface area contributed by atoms with Gasteiger partial charge in [-0.05, 0) is 42.7 Å². The number of carbonyl (C=O) groups excluding carboxylic acids is 1. The van der Waals surface area contributed by atoms with E-state index < -0.39 is 0 Å². The smallest absolute Gasteiger partial charge is 0.227 e. The van der Waals surface area contributed by atoms with Gasteiger partial charge in [0.15, 0.2) is 11.5 Å². The SMILES string of the molecule is O=C1CCCC2=C1[C@@H](c1ccc(Br)cc1)n1nc(-c3ccco3)nc1N2. The van der Waals surface area contributed by atoms with E-state index in [0.717, 1.165) is 34.1 Å². The van der Waals surface area contributed by atoms with Crippen molar-refractivity contribution < 1.29 is 9.21 Å². The van der Waals surface area contributed by atoms with Crippen LogP contribution < -0.4 is 5.32 Å². The Morgan fingerprint density at radius 3 is 2.81 bits per heavy atom. The van der Waals surface area contributed by atoms with Gasteiger partial charge in [-0.1, -0.05) is 28.1 Å². The molecule has 7 heteroatoms. The molecule has 5 rings (SSSR count). The van der Waals surface area contributed by atoms with Crippen LogP contribution in [0.5, 0.6) is 0 Å². The molecule has 0 saturated heterocycles. The molecule has 2 aliphatic rings. The summed E-state index contributed by atoms with van der Waals surface area (Å²) in [6, 6.07) is 11.4. The van der Waals surface area contributed by atoms with Crippen molar-refractivity contribution in [3.63, 3.8) is 0 Å². The third-order valence-electron chi connectivity index (χ3n) is 4.80. The topological polar surface area (TPSA) is 73.0 Å². The molecule has 0 fully saturated rings. The maximum atomic E-state index is 12.7. The van der Waals surface area contributed by atoms with Gasteiger partial charge in [-0.2, -0.15) is 4.98 Å². The third-order valence-corrected chi connectivity index (χ3v) is 5.32. The van der Waals surface area contributed by atoms with Gasteiger partial charge in [0.1, 0.15) is 6.04 Å². The summed E-state index contributed by atoms with van der Waals surface area (Å²) >= 11 is 3.47. The van der Waals surface area contributed by atoms with E-state index in [0.29, 0.717) is 24.0 Å². The first-order chi connectivity index (χ1) is 12.7. The van der Waals surface area contributed by atoms with Crippen molar-refractivity contribution in [1.29, 1.82) is 0 Å². The minimum Gasteiger partial charge on any atom is -0.461 e. The van der Waals surface area contributed by atoms with Gasteiger partial charge in [0.25, 0.3) is 0 Å². The minimum atomic E-state index is -0.279. The minimum absolute atomic E-state index is 0.173. The molecule has 0 spiro atoms. The van der Waals surface area contributed by atoms with Crippen LogP contribution in [-0.4, -0.2) is 20.5 Å². The summed E-state index contributed by atoms with van der Waals surface area (Å²) in [5, 5.41) is 7.97. The molecule has 0 amide bonds. The average Bonchev–Trinajstić information content (AvgIpc) is 3.30. The number of Topliss-reactive ketones (excluding diaryl/α,β-unsaturated/α-hetero) is 1. The Morgan fingerprint density at radius 1 is 1.19 bits per heavy atom. The van der Waals surface area contributed by atoms with Crippen LogP contribution in [0.15, 0.2) is 62.8 Å². The first-order valence-corrected chi connectivity index (χ1v) is 9.29. The van der Waals surface area contributed by atoms with E-state index >= 15 is 0 Å². The molecule has 1 aliphatic carbocycles. The standard InChI is InChI=1S/C19H15BrN4O2/c20-12-8-6-11(7-9-12)17-16-13(3-1-4-14(16)25)21-19-22-18(23-24(17)19)15-5-2-10-26-15/h2,5-10,17H,1,3-4H2,(H,21,22,23)/t17-/m1/s1. The maximum absolute atomic E-state index is 12.7. The normalized spacial score (nSPS) is 19.1. The molecule has 0 unspecified atom stereocenters. The number of nitrogens with one attached hydrogen (secondary N) is 1. The van der Waals surface area contributed by atoms with E-state index in [1.165, 1.54) is 0 Å². The highest BCUT2D eigenvalue weighted by Crippen LogP contribution is 2.40. The lowest BCUT2D eigenvalue weighted by atomic mass is 9.85. The van der Waals surface area contributed by atoms with Crippen molar-refractivity contribution in [3.05, 3.63) is 64.0 Å². The van der Waals surface area contributed by atoms with Gasteiger partial charge in [-0.15, -0.1) is 5.10 Å². The number of benzene rings is 1. The van der Waals surface area contributed by atoms with Gasteiger partial charge < -0.3 is 9.73 Å². The zero-order valence-corrected chi connectivity index (χ0v) is 15.4. The molecule has 1 aromatic carbocycles. The second kappa shape index (κ2) is 5.95. The van der Waals surface area contributed by atoms with Gasteiger partial charge in [0.2, 0.25) is 11.8 Å². The van der Waals surface area contributed by atoms with Crippen molar-refractivity contribution in [2.24, 2.45) is 0 Å². The van der Waals surface area contributed by atoms with E-state index in [1.807, 2.05) is 36.4 Å². The van der Waals surface area contributed by atoms with E-state index in [9.17, 15) is 4.79 Å². The van der Waals surface area contributed by atoms with E-state index in [-0.39, 0.29) is 11.8 Å². The van der Waals surface area contributed by atoms with Crippen LogP contribution in [0.2, 0.25) is 0 Å². The molecular weight excluding hydrogens is 396 g/mol. The predicted molar refractivity (Wildman–Crippen MR) is 99.5 cm³/mol. The van der Waals surface area contributed by atoms with Crippen LogP contribution >= 0.6 is 15.9 Å². The summed E-state index contributed by atoms with van der Waals surface area (Å²) in [6.45, 7) is 0. The zero-order valence-electron chi connectivity index (χ0n) is 13.8. The summed E-state index contributed by atoms with van der Waals surface area (Å²) in [5.74, 6) is 1.92. The number of fused-ring (bicyclic) bond motifs is 1. The number of anilines is 1. The van der Waals surface area contributed by atoms with Gasteiger partial charge in [-0.25, -0.2) is 4.68 Å². The first-order valence-electron chi connectivity index (χ1n) is 8.50. The molecule has 2 aromatic heterocycles. The second-order valence-corrected chi connectivity index (χ2v) is 7.34. The quantitative estimate of drug-likeness (QED) is 0.680. The number of hydrogen-bond acceptors (Lipinski definition) is 5. The van der Waals surface area contributed by atoms with Gasteiger partial charge >= 0.3 is 0 Å². The number of furan rings is 1. The maximum Gasteiger partial charge on any atom is 0.227 e. The van der Waals surface area contributed by atoms with Crippen LogP contribution in [-0.2, 0) is 4.79 Å². The Bertz CT molecular complexity index is 1020. The van der Waals surface area contributed by atoms with Crippen molar-refractivity contribution in [2.75, 3.05) is 5.32 Å². The fourth-order valence-electron chi connectivity index (χ4n) is 3.62. The Hall–Kier alpha value is -2.67. The first kappa shape index (κ1) is 15.6. The fourth-order valence-corrected chi connectivity index (χ4v) is 3.88.